The van der Waals surface area contributed by atoms with Crippen molar-refractivity contribution in [3.8, 4) is 12.1 Å². The van der Waals surface area contributed by atoms with Crippen molar-refractivity contribution in [1.29, 1.82) is 10.5 Å². The quantitative estimate of drug-likeness (QED) is 0.494. The maximum absolute atomic E-state index is 9.07. The minimum Gasteiger partial charge on any atom is -0.395 e. The van der Waals surface area contributed by atoms with Gasteiger partial charge >= 0.3 is 0 Å². The van der Waals surface area contributed by atoms with Crippen molar-refractivity contribution in [2.75, 3.05) is 18.1 Å². The molecule has 0 aliphatic carbocycles. The lowest BCUT2D eigenvalue weighted by molar-refractivity contribution is 0.276. The Morgan fingerprint density at radius 1 is 0.885 bits per heavy atom. The molecule has 3 heterocycles. The highest BCUT2D eigenvalue weighted by molar-refractivity contribution is 8.42. The van der Waals surface area contributed by atoms with E-state index in [0.717, 1.165) is 11.5 Å². The van der Waals surface area contributed by atoms with Gasteiger partial charge in [0.25, 0.3) is 0 Å². The van der Waals surface area contributed by atoms with Crippen LogP contribution in [0.3, 0.4) is 0 Å². The first-order chi connectivity index (χ1) is 12.7. The first-order valence-corrected chi connectivity index (χ1v) is 13.0. The zero-order valence-electron chi connectivity index (χ0n) is 13.6. The molecular formula is C16H15N3OS6. The Bertz CT molecular complexity index is 757. The summed E-state index contributed by atoms with van der Waals surface area (Å²) in [6.45, 7) is 0.781. The summed E-state index contributed by atoms with van der Waals surface area (Å²) in [5.74, 6) is 1.61. The van der Waals surface area contributed by atoms with Crippen LogP contribution in [-0.4, -0.2) is 27.8 Å². The van der Waals surface area contributed by atoms with Gasteiger partial charge in [-0.15, -0.1) is 23.5 Å². The smallest absolute Gasteiger partial charge is 0.0717 e. The largest absolute Gasteiger partial charge is 0.395 e. The van der Waals surface area contributed by atoms with Crippen LogP contribution in [0, 0.1) is 22.7 Å². The number of aromatic nitrogens is 1. The number of hydrogen-bond donors (Lipinski definition) is 1. The Balaban J connectivity index is 1.68. The number of aliphatic hydroxyl groups excluding tert-OH is 1. The third kappa shape index (κ3) is 5.20. The van der Waals surface area contributed by atoms with Crippen molar-refractivity contribution in [1.82, 2.24) is 4.57 Å². The molecule has 0 bridgehead atoms. The lowest BCUT2D eigenvalue weighted by Crippen LogP contribution is -1.97. The molecule has 0 atom stereocenters. The fourth-order valence-electron chi connectivity index (χ4n) is 2.08. The van der Waals surface area contributed by atoms with Crippen LogP contribution >= 0.6 is 70.6 Å². The zero-order valence-corrected chi connectivity index (χ0v) is 18.5. The zero-order chi connectivity index (χ0) is 18.4. The summed E-state index contributed by atoms with van der Waals surface area (Å²) in [5.41, 5.74) is 0. The Hall–Kier alpha value is -0.200. The monoisotopic (exact) mass is 457 g/mol. The molecule has 0 radical (unpaired) electrons. The standard InChI is InChI=1S/C16H15N3OS6/c17-3-1-7-21-13-14(22-8-2-4-18)26-16(25-13)15-23-11-9-19(5-6-20)10-12(11)24-15/h9-10,20H,1-2,5-8H2. The van der Waals surface area contributed by atoms with Crippen LogP contribution < -0.4 is 0 Å². The lowest BCUT2D eigenvalue weighted by Gasteiger charge is -2.03. The highest BCUT2D eigenvalue weighted by Gasteiger charge is 2.29. The maximum atomic E-state index is 9.07. The summed E-state index contributed by atoms with van der Waals surface area (Å²) < 4.78 is 7.16. The number of nitrogens with zero attached hydrogens (tertiary/aromatic N) is 3. The van der Waals surface area contributed by atoms with E-state index < -0.39 is 0 Å². The molecule has 0 amide bonds. The average Bonchev–Trinajstić information content (AvgIpc) is 3.29. The van der Waals surface area contributed by atoms with Gasteiger partial charge in [0.1, 0.15) is 0 Å². The summed E-state index contributed by atoms with van der Waals surface area (Å²) in [6.07, 6.45) is 5.29. The summed E-state index contributed by atoms with van der Waals surface area (Å²) in [7, 11) is 0. The first kappa shape index (κ1) is 20.5. The summed E-state index contributed by atoms with van der Waals surface area (Å²) in [6, 6.07) is 4.40. The summed E-state index contributed by atoms with van der Waals surface area (Å²) >= 11 is 10.7. The van der Waals surface area contributed by atoms with E-state index in [1.54, 1.807) is 70.6 Å². The second kappa shape index (κ2) is 10.4. The van der Waals surface area contributed by atoms with Gasteiger partial charge in [0, 0.05) is 53.1 Å². The van der Waals surface area contributed by atoms with E-state index in [9.17, 15) is 0 Å². The van der Waals surface area contributed by atoms with Crippen LogP contribution in [-0.2, 0) is 6.54 Å². The number of hydrogen-bond acceptors (Lipinski definition) is 9. The fourth-order valence-corrected chi connectivity index (χ4v) is 10.6. The van der Waals surface area contributed by atoms with Crippen molar-refractivity contribution in [2.24, 2.45) is 0 Å². The normalized spacial score (nSPS) is 16.1. The van der Waals surface area contributed by atoms with Gasteiger partial charge in [0.2, 0.25) is 0 Å². The molecule has 1 N–H and O–H groups in total. The van der Waals surface area contributed by atoms with Crippen LogP contribution in [0.1, 0.15) is 12.8 Å². The van der Waals surface area contributed by atoms with Gasteiger partial charge in [-0.05, 0) is 0 Å². The van der Waals surface area contributed by atoms with Gasteiger partial charge in [-0.3, -0.25) is 0 Å². The molecule has 0 spiro atoms. The molecule has 0 fully saturated rings. The number of aliphatic hydroxyl groups is 1. The minimum absolute atomic E-state index is 0.152. The Morgan fingerprint density at radius 3 is 1.85 bits per heavy atom. The number of rotatable bonds is 8. The van der Waals surface area contributed by atoms with Gasteiger partial charge in [0.15, 0.2) is 0 Å². The molecule has 0 aromatic carbocycles. The molecule has 136 valence electrons. The second-order valence-electron chi connectivity index (χ2n) is 5.02. The van der Waals surface area contributed by atoms with E-state index >= 15 is 0 Å². The van der Waals surface area contributed by atoms with Gasteiger partial charge in [-0.1, -0.05) is 47.0 Å². The van der Waals surface area contributed by atoms with Gasteiger partial charge < -0.3 is 9.67 Å². The number of thioether (sulfide) groups is 6. The molecule has 0 saturated heterocycles. The maximum Gasteiger partial charge on any atom is 0.0717 e. The van der Waals surface area contributed by atoms with E-state index in [0.29, 0.717) is 19.4 Å². The van der Waals surface area contributed by atoms with Crippen molar-refractivity contribution in [2.45, 2.75) is 29.2 Å². The average molecular weight is 458 g/mol. The van der Waals surface area contributed by atoms with Crippen LogP contribution in [0.5, 0.6) is 0 Å². The Morgan fingerprint density at radius 2 is 1.38 bits per heavy atom. The van der Waals surface area contributed by atoms with E-state index in [1.165, 1.54) is 26.7 Å². The van der Waals surface area contributed by atoms with Crippen molar-refractivity contribution in [3.05, 3.63) is 29.3 Å². The number of fused-ring (bicyclic) bond motifs is 1. The molecule has 2 aliphatic heterocycles. The summed E-state index contributed by atoms with van der Waals surface area (Å²) in [5, 5.41) is 26.6. The van der Waals surface area contributed by atoms with Crippen LogP contribution in [0.15, 0.2) is 39.1 Å². The molecule has 0 unspecified atom stereocenters. The molecular weight excluding hydrogens is 443 g/mol. The van der Waals surface area contributed by atoms with Crippen LogP contribution in [0.2, 0.25) is 0 Å². The molecule has 2 aliphatic rings. The Kier molecular flexibility index (Phi) is 8.19. The van der Waals surface area contributed by atoms with Crippen molar-refractivity contribution < 1.29 is 5.11 Å². The first-order valence-electron chi connectivity index (χ1n) is 7.75. The molecule has 1 aromatic heterocycles. The van der Waals surface area contributed by atoms with E-state index in [2.05, 4.69) is 24.5 Å². The second-order valence-corrected chi connectivity index (χ2v) is 12.4. The van der Waals surface area contributed by atoms with Gasteiger partial charge in [-0.2, -0.15) is 10.5 Å². The predicted molar refractivity (Wildman–Crippen MR) is 118 cm³/mol. The van der Waals surface area contributed by atoms with Crippen molar-refractivity contribution >= 4 is 70.6 Å². The van der Waals surface area contributed by atoms with Crippen LogP contribution in [0.4, 0.5) is 0 Å². The molecule has 1 aromatic rings. The molecule has 26 heavy (non-hydrogen) atoms. The van der Waals surface area contributed by atoms with Crippen molar-refractivity contribution in [3.63, 3.8) is 0 Å². The van der Waals surface area contributed by atoms with E-state index in [1.807, 2.05) is 4.57 Å². The highest BCUT2D eigenvalue weighted by Crippen LogP contribution is 2.64. The SMILES string of the molecule is N#CCCSC1=C(SCCC#N)SC(=C2Sc3cn(CCO)cc3S2)S1. The lowest BCUT2D eigenvalue weighted by atomic mass is 10.6. The van der Waals surface area contributed by atoms with Gasteiger partial charge in [0.05, 0.1) is 35.7 Å². The highest BCUT2D eigenvalue weighted by atomic mass is 32.3. The Labute approximate surface area is 178 Å². The predicted octanol–water partition coefficient (Wildman–Crippen LogP) is 5.71. The number of nitriles is 2. The van der Waals surface area contributed by atoms with Gasteiger partial charge in [-0.25, -0.2) is 0 Å². The fraction of sp³-hybridized carbons (Fsp3) is 0.375. The molecule has 0 saturated carbocycles. The molecule has 4 nitrogen and oxygen atoms in total. The van der Waals surface area contributed by atoms with E-state index in [4.69, 9.17) is 15.6 Å². The third-order valence-corrected chi connectivity index (χ3v) is 11.7. The van der Waals surface area contributed by atoms with Crippen LogP contribution in [0.25, 0.3) is 0 Å². The topological polar surface area (TPSA) is 72.7 Å². The minimum atomic E-state index is 0.152. The third-order valence-electron chi connectivity index (χ3n) is 3.17. The van der Waals surface area contributed by atoms with E-state index in [-0.39, 0.29) is 6.61 Å². The molecule has 10 heteroatoms. The summed E-state index contributed by atoms with van der Waals surface area (Å²) in [4.78, 5) is 2.49. The molecule has 3 rings (SSSR count).